The number of carbonyl (C=O) groups excluding carboxylic acids is 3. The Morgan fingerprint density at radius 2 is 1.89 bits per heavy atom. The molecule has 1 aromatic rings. The first kappa shape index (κ1) is 24.1. The van der Waals surface area contributed by atoms with Gasteiger partial charge in [0.2, 0.25) is 5.91 Å². The Labute approximate surface area is 205 Å². The maximum absolute atomic E-state index is 14.4. The molecule has 1 aromatic carbocycles. The lowest BCUT2D eigenvalue weighted by Gasteiger charge is -2.55. The molecule has 2 saturated carbocycles. The predicted octanol–water partition coefficient (Wildman–Crippen LogP) is 5.72. The van der Waals surface area contributed by atoms with Gasteiger partial charge in [-0.25, -0.2) is 8.78 Å². The minimum atomic E-state index is -0.976. The van der Waals surface area contributed by atoms with Gasteiger partial charge in [0.25, 0.3) is 0 Å². The number of ketones is 2. The van der Waals surface area contributed by atoms with Crippen molar-refractivity contribution < 1.29 is 23.2 Å². The van der Waals surface area contributed by atoms with E-state index in [-0.39, 0.29) is 35.2 Å². The minimum absolute atomic E-state index is 0.0379. The smallest absolute Gasteiger partial charge is 0.220 e. The van der Waals surface area contributed by atoms with Gasteiger partial charge in [0.15, 0.2) is 23.2 Å². The number of nitrogens with one attached hydrogen (secondary N) is 1. The van der Waals surface area contributed by atoms with Crippen LogP contribution in [-0.4, -0.2) is 23.0 Å². The van der Waals surface area contributed by atoms with E-state index in [0.717, 1.165) is 24.8 Å². The number of amides is 1. The molecular weight excluding hydrogens is 448 g/mol. The van der Waals surface area contributed by atoms with E-state index < -0.39 is 22.6 Å². The molecule has 5 rings (SSSR count). The van der Waals surface area contributed by atoms with E-state index in [9.17, 15) is 23.2 Å². The Morgan fingerprint density at radius 3 is 2.57 bits per heavy atom. The molecule has 1 amide bonds. The van der Waals surface area contributed by atoms with Crippen LogP contribution in [0, 0.1) is 28.9 Å². The highest BCUT2D eigenvalue weighted by Gasteiger charge is 2.65. The Morgan fingerprint density at radius 1 is 1.11 bits per heavy atom. The molecule has 6 heteroatoms. The fourth-order valence-corrected chi connectivity index (χ4v) is 7.91. The van der Waals surface area contributed by atoms with Crippen molar-refractivity contribution in [1.29, 1.82) is 0 Å². The third-order valence-electron chi connectivity index (χ3n) is 9.55. The molecule has 0 aliphatic heterocycles. The number of allylic oxidation sites excluding steroid dienone is 4. The summed E-state index contributed by atoms with van der Waals surface area (Å²) in [4.78, 5) is 38.1. The molecule has 0 saturated heterocycles. The van der Waals surface area contributed by atoms with E-state index >= 15 is 0 Å². The van der Waals surface area contributed by atoms with E-state index in [1.807, 2.05) is 0 Å². The van der Waals surface area contributed by atoms with E-state index in [1.165, 1.54) is 23.3 Å². The zero-order valence-electron chi connectivity index (χ0n) is 20.7. The summed E-state index contributed by atoms with van der Waals surface area (Å²) in [6, 6.07) is 4.11. The van der Waals surface area contributed by atoms with Gasteiger partial charge >= 0.3 is 0 Å². The molecule has 0 spiro atoms. The highest BCUT2D eigenvalue weighted by Crippen LogP contribution is 2.67. The van der Waals surface area contributed by atoms with Gasteiger partial charge in [-0.3, -0.25) is 14.4 Å². The maximum atomic E-state index is 14.4. The number of carbonyl (C=O) groups is 3. The summed E-state index contributed by atoms with van der Waals surface area (Å²) in [7, 11) is 0. The largest absolute Gasteiger partial charge is 0.343 e. The van der Waals surface area contributed by atoms with Crippen LogP contribution >= 0.6 is 0 Å². The molecular formula is C29H33F2NO3. The first-order valence-electron chi connectivity index (χ1n) is 12.8. The van der Waals surface area contributed by atoms with Crippen LogP contribution in [0.2, 0.25) is 0 Å². The summed E-state index contributed by atoms with van der Waals surface area (Å²) in [6.07, 6.45) is 6.83. The Bertz CT molecular complexity index is 1180. The second kappa shape index (κ2) is 8.49. The average molecular weight is 482 g/mol. The molecule has 2 fully saturated rings. The molecule has 0 heterocycles. The maximum Gasteiger partial charge on any atom is 0.220 e. The van der Waals surface area contributed by atoms with Crippen molar-refractivity contribution in [2.45, 2.75) is 83.6 Å². The van der Waals surface area contributed by atoms with Crippen molar-refractivity contribution in [2.75, 3.05) is 0 Å². The zero-order valence-corrected chi connectivity index (χ0v) is 20.7. The van der Waals surface area contributed by atoms with E-state index in [0.29, 0.717) is 37.7 Å². The number of hydrogen-bond acceptors (Lipinski definition) is 3. The minimum Gasteiger partial charge on any atom is -0.343 e. The van der Waals surface area contributed by atoms with Crippen LogP contribution in [0.5, 0.6) is 0 Å². The second-order valence-electron chi connectivity index (χ2n) is 11.1. The molecule has 0 bridgehead atoms. The topological polar surface area (TPSA) is 63.2 Å². The van der Waals surface area contributed by atoms with Crippen LogP contribution in [0.4, 0.5) is 8.78 Å². The van der Waals surface area contributed by atoms with Gasteiger partial charge in [-0.2, -0.15) is 0 Å². The van der Waals surface area contributed by atoms with Crippen LogP contribution in [0.15, 0.2) is 41.0 Å². The molecule has 4 aliphatic rings. The molecule has 0 aromatic heterocycles. The average Bonchev–Trinajstić information content (AvgIpc) is 3.12. The Hall–Kier alpha value is -2.63. The predicted molar refractivity (Wildman–Crippen MR) is 128 cm³/mol. The van der Waals surface area contributed by atoms with Gasteiger partial charge in [0.05, 0.1) is 0 Å². The highest BCUT2D eigenvalue weighted by molar-refractivity contribution is 5.94. The van der Waals surface area contributed by atoms with Crippen molar-refractivity contribution in [3.8, 4) is 0 Å². The third-order valence-corrected chi connectivity index (χ3v) is 9.55. The Balaban J connectivity index is 1.70. The van der Waals surface area contributed by atoms with Gasteiger partial charge in [0, 0.05) is 24.2 Å². The molecule has 1 N–H and O–H groups in total. The van der Waals surface area contributed by atoms with Crippen LogP contribution in [0.25, 0.3) is 0 Å². The van der Waals surface area contributed by atoms with Crippen molar-refractivity contribution in [1.82, 2.24) is 5.32 Å². The van der Waals surface area contributed by atoms with Crippen LogP contribution in [0.1, 0.15) is 83.6 Å². The standard InChI is InChI=1S/C29H33F2NO3/c1-4-26(35)32-29(16(2)33)12-11-23-21-8-5-17-13-19(34)7-9-20(17)27(21)22(15-28(23,29)3)18-6-10-24(30)25(31)14-18/h6,10,13-14,21-23H,4-5,7-9,11-12,15H2,1-3H3,(H,32,35)/t21-,22+,23-,28-,29+/m0/s1. The number of rotatable bonds is 4. The first-order valence-corrected chi connectivity index (χ1v) is 12.8. The lowest BCUT2D eigenvalue weighted by atomic mass is 9.50. The highest BCUT2D eigenvalue weighted by atomic mass is 19.2. The SMILES string of the molecule is CCC(=O)N[C@@]1(C(C)=O)CC[C@H]2[C@@H]3CCC4=CC(=O)CCC4=C3[C@@H](c3ccc(F)c(F)c3)C[C@@]21C. The quantitative estimate of drug-likeness (QED) is 0.598. The van der Waals surface area contributed by atoms with Crippen molar-refractivity contribution in [3.05, 3.63) is 58.2 Å². The summed E-state index contributed by atoms with van der Waals surface area (Å²) in [5.74, 6) is -1.65. The summed E-state index contributed by atoms with van der Waals surface area (Å²) < 4.78 is 28.3. The fraction of sp³-hybridized carbons (Fsp3) is 0.552. The number of benzene rings is 1. The number of halogens is 2. The first-order chi connectivity index (χ1) is 16.6. The van der Waals surface area contributed by atoms with Crippen LogP contribution < -0.4 is 5.32 Å². The summed E-state index contributed by atoms with van der Waals surface area (Å²) in [5.41, 5.74) is 2.72. The Kier molecular flexibility index (Phi) is 5.84. The zero-order chi connectivity index (χ0) is 25.1. The molecule has 5 atom stereocenters. The van der Waals surface area contributed by atoms with Crippen LogP contribution in [-0.2, 0) is 14.4 Å². The number of hydrogen-bond donors (Lipinski definition) is 1. The van der Waals surface area contributed by atoms with E-state index in [1.54, 1.807) is 26.0 Å². The lowest BCUT2D eigenvalue weighted by molar-refractivity contribution is -0.137. The van der Waals surface area contributed by atoms with E-state index in [2.05, 4.69) is 12.2 Å². The van der Waals surface area contributed by atoms with E-state index in [4.69, 9.17) is 0 Å². The molecule has 4 aliphatic carbocycles. The van der Waals surface area contributed by atoms with Gasteiger partial charge in [-0.15, -0.1) is 0 Å². The van der Waals surface area contributed by atoms with Crippen LogP contribution in [0.3, 0.4) is 0 Å². The molecule has 186 valence electrons. The summed E-state index contributed by atoms with van der Waals surface area (Å²) in [5, 5.41) is 3.14. The molecule has 35 heavy (non-hydrogen) atoms. The summed E-state index contributed by atoms with van der Waals surface area (Å²) >= 11 is 0. The second-order valence-corrected chi connectivity index (χ2v) is 11.1. The summed E-state index contributed by atoms with van der Waals surface area (Å²) in [6.45, 7) is 5.47. The number of fused-ring (bicyclic) bond motifs is 4. The van der Waals surface area contributed by atoms with Crippen molar-refractivity contribution in [3.63, 3.8) is 0 Å². The lowest BCUT2D eigenvalue weighted by Crippen LogP contribution is -2.64. The monoisotopic (exact) mass is 481 g/mol. The normalized spacial score (nSPS) is 34.0. The molecule has 4 nitrogen and oxygen atoms in total. The molecule has 0 unspecified atom stereocenters. The number of Topliss-reactive ketones (excluding diaryl/α,β-unsaturated/α-hetero) is 1. The van der Waals surface area contributed by atoms with Gasteiger partial charge in [0.1, 0.15) is 5.54 Å². The molecule has 0 radical (unpaired) electrons. The van der Waals surface area contributed by atoms with Gasteiger partial charge in [-0.05, 0) is 92.2 Å². The van der Waals surface area contributed by atoms with Gasteiger partial charge < -0.3 is 5.32 Å². The van der Waals surface area contributed by atoms with Crippen molar-refractivity contribution >= 4 is 17.5 Å². The van der Waals surface area contributed by atoms with Crippen molar-refractivity contribution in [2.24, 2.45) is 17.3 Å². The third kappa shape index (κ3) is 3.54. The fourth-order valence-electron chi connectivity index (χ4n) is 7.91. The van der Waals surface area contributed by atoms with Gasteiger partial charge in [-0.1, -0.05) is 25.5 Å².